The Bertz CT molecular complexity index is 819. The third-order valence-corrected chi connectivity index (χ3v) is 4.55. The molecule has 0 unspecified atom stereocenters. The molecule has 0 fully saturated rings. The number of esters is 1. The van der Waals surface area contributed by atoms with Crippen LogP contribution in [0.2, 0.25) is 0 Å². The lowest BCUT2D eigenvalue weighted by atomic mass is 9.75. The van der Waals surface area contributed by atoms with E-state index in [1.807, 2.05) is 72.8 Å². The lowest BCUT2D eigenvalue weighted by Gasteiger charge is -2.28. The average Bonchev–Trinajstić information content (AvgIpc) is 2.67. The van der Waals surface area contributed by atoms with Crippen LogP contribution in [0.4, 0.5) is 0 Å². The molecule has 132 valence electrons. The fourth-order valence-corrected chi connectivity index (χ4v) is 3.31. The van der Waals surface area contributed by atoms with Gasteiger partial charge in [0.25, 0.3) is 0 Å². The maximum atomic E-state index is 12.7. The number of benzene rings is 2. The molecule has 0 spiro atoms. The minimum absolute atomic E-state index is 0.184. The van der Waals surface area contributed by atoms with E-state index < -0.39 is 11.9 Å². The number of hydrogen-bond donors (Lipinski definition) is 0. The quantitative estimate of drug-likeness (QED) is 0.589. The number of carbonyl (C=O) groups is 2. The van der Waals surface area contributed by atoms with Gasteiger partial charge in [0.2, 0.25) is 0 Å². The van der Waals surface area contributed by atoms with Crippen LogP contribution in [-0.4, -0.2) is 18.4 Å². The van der Waals surface area contributed by atoms with Crippen LogP contribution in [0.15, 0.2) is 78.4 Å². The molecule has 2 aromatic carbocycles. The van der Waals surface area contributed by atoms with Gasteiger partial charge in [-0.25, -0.2) is 0 Å². The number of ether oxygens (including phenoxy) is 1. The van der Waals surface area contributed by atoms with E-state index in [1.165, 1.54) is 0 Å². The summed E-state index contributed by atoms with van der Waals surface area (Å²) in [6, 6.07) is 19.7. The molecule has 26 heavy (non-hydrogen) atoms. The highest BCUT2D eigenvalue weighted by Gasteiger charge is 2.38. The molecular weight excluding hydrogens is 324 g/mol. The summed E-state index contributed by atoms with van der Waals surface area (Å²) in [6.45, 7) is 2.03. The van der Waals surface area contributed by atoms with Gasteiger partial charge < -0.3 is 4.74 Å². The van der Waals surface area contributed by atoms with E-state index in [9.17, 15) is 9.59 Å². The van der Waals surface area contributed by atoms with Gasteiger partial charge in [-0.05, 0) is 36.1 Å². The van der Waals surface area contributed by atoms with E-state index in [0.717, 1.165) is 16.7 Å². The summed E-state index contributed by atoms with van der Waals surface area (Å²) in [6.07, 6.45) is 6.17. The van der Waals surface area contributed by atoms with E-state index in [-0.39, 0.29) is 18.3 Å². The van der Waals surface area contributed by atoms with Crippen LogP contribution in [0.1, 0.15) is 30.4 Å². The topological polar surface area (TPSA) is 43.4 Å². The molecule has 1 aliphatic carbocycles. The normalized spacial score (nSPS) is 20.0. The van der Waals surface area contributed by atoms with Gasteiger partial charge in [-0.2, -0.15) is 0 Å². The lowest BCUT2D eigenvalue weighted by molar-refractivity contribution is -0.151. The second-order valence-electron chi connectivity index (χ2n) is 6.32. The monoisotopic (exact) mass is 346 g/mol. The second kappa shape index (κ2) is 8.43. The number of ketones is 1. The van der Waals surface area contributed by atoms with Crippen LogP contribution in [0.25, 0.3) is 6.08 Å². The van der Waals surface area contributed by atoms with Gasteiger partial charge >= 0.3 is 5.97 Å². The smallest absolute Gasteiger partial charge is 0.317 e. The number of rotatable bonds is 5. The Kier molecular flexibility index (Phi) is 5.80. The van der Waals surface area contributed by atoms with Gasteiger partial charge in [-0.15, -0.1) is 0 Å². The van der Waals surface area contributed by atoms with Gasteiger partial charge in [0.15, 0.2) is 5.78 Å². The summed E-state index contributed by atoms with van der Waals surface area (Å²) in [4.78, 5) is 25.1. The lowest BCUT2D eigenvalue weighted by Crippen LogP contribution is -2.34. The Morgan fingerprint density at radius 3 is 2.35 bits per heavy atom. The Morgan fingerprint density at radius 1 is 1.04 bits per heavy atom. The van der Waals surface area contributed by atoms with Crippen LogP contribution in [0.5, 0.6) is 0 Å². The van der Waals surface area contributed by atoms with Gasteiger partial charge in [0.05, 0.1) is 6.61 Å². The largest absolute Gasteiger partial charge is 0.465 e. The molecule has 3 heteroatoms. The van der Waals surface area contributed by atoms with Gasteiger partial charge in [-0.3, -0.25) is 9.59 Å². The molecule has 0 bridgehead atoms. The Labute approximate surface area is 154 Å². The third-order valence-electron chi connectivity index (χ3n) is 4.55. The molecule has 0 amide bonds. The summed E-state index contributed by atoms with van der Waals surface area (Å²) in [5, 5.41) is 0. The predicted molar refractivity (Wildman–Crippen MR) is 102 cm³/mol. The molecule has 0 saturated heterocycles. The predicted octanol–water partition coefficient (Wildman–Crippen LogP) is 4.56. The van der Waals surface area contributed by atoms with Gasteiger partial charge in [0.1, 0.15) is 5.92 Å². The molecule has 1 aliphatic rings. The maximum absolute atomic E-state index is 12.7. The Hall–Kier alpha value is -2.94. The summed E-state index contributed by atoms with van der Waals surface area (Å²) < 4.78 is 5.16. The van der Waals surface area contributed by atoms with E-state index in [0.29, 0.717) is 6.42 Å². The average molecular weight is 346 g/mol. The van der Waals surface area contributed by atoms with Crippen molar-refractivity contribution in [3.8, 4) is 0 Å². The SMILES string of the molecule is CCOC(=O)[C@H]1C(=O)C=C(/C=C/c2ccccc2)C[C@H]1c1ccccc1. The van der Waals surface area contributed by atoms with Crippen molar-refractivity contribution in [2.45, 2.75) is 19.3 Å². The first kappa shape index (κ1) is 17.9. The van der Waals surface area contributed by atoms with Gasteiger partial charge in [0, 0.05) is 5.92 Å². The molecule has 0 radical (unpaired) electrons. The number of carbonyl (C=O) groups excluding carboxylic acids is 2. The zero-order chi connectivity index (χ0) is 18.4. The van der Waals surface area contributed by atoms with Crippen LogP contribution < -0.4 is 0 Å². The molecular formula is C23H22O3. The first-order valence-corrected chi connectivity index (χ1v) is 8.88. The summed E-state index contributed by atoms with van der Waals surface area (Å²) in [5.41, 5.74) is 2.98. The second-order valence-corrected chi connectivity index (χ2v) is 6.32. The van der Waals surface area contributed by atoms with Crippen LogP contribution >= 0.6 is 0 Å². The van der Waals surface area contributed by atoms with Crippen molar-refractivity contribution in [1.29, 1.82) is 0 Å². The molecule has 0 aromatic heterocycles. The highest BCUT2D eigenvalue weighted by Crippen LogP contribution is 2.37. The number of hydrogen-bond acceptors (Lipinski definition) is 3. The zero-order valence-corrected chi connectivity index (χ0v) is 14.8. The van der Waals surface area contributed by atoms with E-state index in [2.05, 4.69) is 0 Å². The summed E-state index contributed by atoms with van der Waals surface area (Å²) in [7, 11) is 0. The van der Waals surface area contributed by atoms with Crippen molar-refractivity contribution >= 4 is 17.8 Å². The molecule has 0 heterocycles. The van der Waals surface area contributed by atoms with Crippen LogP contribution in [-0.2, 0) is 14.3 Å². The van der Waals surface area contributed by atoms with Crippen LogP contribution in [0.3, 0.4) is 0 Å². The molecule has 3 nitrogen and oxygen atoms in total. The Balaban J connectivity index is 1.90. The fourth-order valence-electron chi connectivity index (χ4n) is 3.31. The summed E-state index contributed by atoms with van der Waals surface area (Å²) in [5.74, 6) is -1.60. The highest BCUT2D eigenvalue weighted by atomic mass is 16.5. The molecule has 0 aliphatic heterocycles. The van der Waals surface area contributed by atoms with Crippen LogP contribution in [0, 0.1) is 5.92 Å². The molecule has 0 saturated carbocycles. The summed E-state index contributed by atoms with van der Waals surface area (Å²) >= 11 is 0. The molecule has 2 atom stereocenters. The van der Waals surface area contributed by atoms with Gasteiger partial charge in [-0.1, -0.05) is 72.8 Å². The van der Waals surface area contributed by atoms with E-state index >= 15 is 0 Å². The highest BCUT2D eigenvalue weighted by molar-refractivity contribution is 6.07. The minimum Gasteiger partial charge on any atom is -0.465 e. The van der Waals surface area contributed by atoms with Crippen molar-refractivity contribution in [2.75, 3.05) is 6.61 Å². The molecule has 0 N–H and O–H groups in total. The van der Waals surface area contributed by atoms with Crippen molar-refractivity contribution in [3.63, 3.8) is 0 Å². The maximum Gasteiger partial charge on any atom is 0.317 e. The van der Waals surface area contributed by atoms with Crippen molar-refractivity contribution < 1.29 is 14.3 Å². The van der Waals surface area contributed by atoms with Crippen molar-refractivity contribution in [2.24, 2.45) is 5.92 Å². The zero-order valence-electron chi connectivity index (χ0n) is 14.8. The standard InChI is InChI=1S/C23H22O3/c1-2-26-23(25)22-20(19-11-7-4-8-12-19)15-18(16-21(22)24)14-13-17-9-5-3-6-10-17/h3-14,16,20,22H,2,15H2,1H3/b14-13+/t20-,22+/m0/s1. The Morgan fingerprint density at radius 2 is 1.69 bits per heavy atom. The third kappa shape index (κ3) is 4.17. The minimum atomic E-state index is -0.772. The molecule has 2 aromatic rings. The van der Waals surface area contributed by atoms with E-state index in [1.54, 1.807) is 13.0 Å². The fraction of sp³-hybridized carbons (Fsp3) is 0.217. The van der Waals surface area contributed by atoms with E-state index in [4.69, 9.17) is 4.74 Å². The first-order chi connectivity index (χ1) is 12.7. The first-order valence-electron chi connectivity index (χ1n) is 8.88. The molecule has 3 rings (SSSR count). The van der Waals surface area contributed by atoms with Crippen molar-refractivity contribution in [3.05, 3.63) is 89.5 Å². The van der Waals surface area contributed by atoms with Crippen molar-refractivity contribution in [1.82, 2.24) is 0 Å². The number of allylic oxidation sites excluding steroid dienone is 3.